The molecule has 300 valence electrons. The molecule has 23 nitrogen and oxygen atoms in total. The second-order valence-electron chi connectivity index (χ2n) is 12.6. The number of primary amides is 2. The third-order valence-corrected chi connectivity index (χ3v) is 7.30. The molecule has 0 fully saturated rings. The Morgan fingerprint density at radius 3 is 1.53 bits per heavy atom. The summed E-state index contributed by atoms with van der Waals surface area (Å²) in [5, 5.41) is 32.9. The molecule has 8 amide bonds. The minimum atomic E-state index is -1.64. The zero-order chi connectivity index (χ0) is 41.0. The first-order chi connectivity index (χ1) is 24.6. The number of carboxylic acids is 1. The molecule has 18 N–H and O–H groups in total. The smallest absolute Gasteiger partial charge is 0.326 e. The second-order valence-corrected chi connectivity index (χ2v) is 12.6. The van der Waals surface area contributed by atoms with Crippen molar-refractivity contribution >= 4 is 59.2 Å². The lowest BCUT2D eigenvalue weighted by Gasteiger charge is -2.26. The van der Waals surface area contributed by atoms with Gasteiger partial charge in [-0.1, -0.05) is 13.8 Å². The summed E-state index contributed by atoms with van der Waals surface area (Å²) in [4.78, 5) is 115. The molecule has 0 saturated heterocycles. The van der Waals surface area contributed by atoms with E-state index < -0.39 is 109 Å². The van der Waals surface area contributed by atoms with Crippen LogP contribution >= 0.6 is 0 Å². The van der Waals surface area contributed by atoms with Crippen LogP contribution in [0.5, 0.6) is 0 Å². The zero-order valence-electron chi connectivity index (χ0n) is 30.2. The Morgan fingerprint density at radius 2 is 1.08 bits per heavy atom. The van der Waals surface area contributed by atoms with E-state index in [1.807, 2.05) is 0 Å². The fourth-order valence-corrected chi connectivity index (χ4v) is 4.40. The molecule has 0 bridgehead atoms. The number of amides is 8. The number of carbonyl (C=O) groups excluding carboxylic acids is 8. The van der Waals surface area contributed by atoms with Crippen molar-refractivity contribution in [2.45, 2.75) is 109 Å². The number of carboxylic acid groups (broad SMARTS) is 1. The number of aliphatic carboxylic acids is 1. The highest BCUT2D eigenvalue weighted by Crippen LogP contribution is 2.08. The van der Waals surface area contributed by atoms with E-state index in [-0.39, 0.29) is 50.5 Å². The Hall–Kier alpha value is -5.58. The molecule has 0 unspecified atom stereocenters. The molecule has 0 aliphatic heterocycles. The number of nitrogens with one attached hydrogen (secondary N) is 6. The summed E-state index contributed by atoms with van der Waals surface area (Å²) in [7, 11) is 0. The lowest BCUT2D eigenvalue weighted by molar-refractivity contribution is -0.142. The number of hydrogen-bond donors (Lipinski definition) is 13. The molecule has 0 aromatic carbocycles. The van der Waals surface area contributed by atoms with E-state index in [4.69, 9.17) is 28.7 Å². The van der Waals surface area contributed by atoms with Gasteiger partial charge in [-0.05, 0) is 45.4 Å². The zero-order valence-corrected chi connectivity index (χ0v) is 30.2. The van der Waals surface area contributed by atoms with E-state index in [9.17, 15) is 53.4 Å². The van der Waals surface area contributed by atoms with Crippen LogP contribution in [-0.4, -0.2) is 125 Å². The topological polar surface area (TPSA) is 409 Å². The largest absolute Gasteiger partial charge is 0.480 e. The number of aliphatic hydroxyl groups is 1. The Kier molecular flexibility index (Phi) is 21.3. The van der Waals surface area contributed by atoms with Gasteiger partial charge in [-0.3, -0.25) is 43.3 Å². The highest BCUT2D eigenvalue weighted by atomic mass is 16.4. The molecule has 0 aromatic heterocycles. The number of guanidine groups is 1. The molecule has 23 heteroatoms. The van der Waals surface area contributed by atoms with Gasteiger partial charge in [0, 0.05) is 13.0 Å². The number of rotatable bonds is 25. The maximum absolute atomic E-state index is 13.3. The Morgan fingerprint density at radius 1 is 0.604 bits per heavy atom. The van der Waals surface area contributed by atoms with Gasteiger partial charge in [0.2, 0.25) is 47.3 Å². The van der Waals surface area contributed by atoms with Crippen LogP contribution in [0.2, 0.25) is 0 Å². The summed E-state index contributed by atoms with van der Waals surface area (Å²) in [6.45, 7) is 5.16. The molecule has 0 aromatic rings. The molecule has 0 aliphatic rings. The van der Waals surface area contributed by atoms with Crippen molar-refractivity contribution in [1.82, 2.24) is 31.9 Å². The monoisotopic (exact) mass is 758 g/mol. The van der Waals surface area contributed by atoms with E-state index in [1.54, 1.807) is 13.8 Å². The van der Waals surface area contributed by atoms with Gasteiger partial charge in [-0.25, -0.2) is 4.79 Å². The molecule has 0 heterocycles. The number of nitrogens with two attached hydrogens (primary N) is 5. The number of nitrogens with zero attached hydrogens (tertiary/aromatic N) is 1. The average Bonchev–Trinajstić information content (AvgIpc) is 3.05. The minimum absolute atomic E-state index is 0.0210. The van der Waals surface area contributed by atoms with Crippen molar-refractivity contribution in [2.24, 2.45) is 39.6 Å². The van der Waals surface area contributed by atoms with Crippen LogP contribution in [0.25, 0.3) is 0 Å². The maximum Gasteiger partial charge on any atom is 0.326 e. The van der Waals surface area contributed by atoms with Crippen molar-refractivity contribution in [3.05, 3.63) is 0 Å². The second kappa shape index (κ2) is 23.8. The van der Waals surface area contributed by atoms with Crippen molar-refractivity contribution in [3.63, 3.8) is 0 Å². The van der Waals surface area contributed by atoms with Gasteiger partial charge >= 0.3 is 5.97 Å². The van der Waals surface area contributed by atoms with Crippen LogP contribution in [0.1, 0.15) is 66.2 Å². The first kappa shape index (κ1) is 47.4. The van der Waals surface area contributed by atoms with Crippen molar-refractivity contribution < 1.29 is 53.4 Å². The standard InChI is InChI=1S/C30H54N12O11/c1-13(2)10-18(26(49)37-14(3)23(46)39-17(29(52)53)6-5-9-36-30(34)35)41-27(50)19(11-22(33)45)40-24(47)15(4)38-28(51)20(12-43)42-25(48)16(31)7-8-21(32)44/h13-20,43H,5-12,31H2,1-4H3,(H2,32,44)(H2,33,45)(H,37,49)(H,38,51)(H,39,46)(H,40,47)(H,41,50)(H,42,48)(H,52,53)(H4,34,35,36)/t14-,15-,16-,17-,18-,19-,20-/m0/s1. The number of aliphatic imine (C=N–C) groups is 1. The summed E-state index contributed by atoms with van der Waals surface area (Å²) >= 11 is 0. The van der Waals surface area contributed by atoms with Crippen molar-refractivity contribution in [2.75, 3.05) is 13.2 Å². The minimum Gasteiger partial charge on any atom is -0.480 e. The first-order valence-electron chi connectivity index (χ1n) is 16.6. The molecule has 0 rings (SSSR count). The van der Waals surface area contributed by atoms with Crippen molar-refractivity contribution in [1.29, 1.82) is 0 Å². The Balaban J connectivity index is 5.63. The van der Waals surface area contributed by atoms with Gasteiger partial charge in [0.15, 0.2) is 5.96 Å². The van der Waals surface area contributed by atoms with Crippen LogP contribution in [0, 0.1) is 5.92 Å². The van der Waals surface area contributed by atoms with Gasteiger partial charge in [-0.15, -0.1) is 0 Å². The third-order valence-electron chi connectivity index (χ3n) is 7.30. The van der Waals surface area contributed by atoms with Gasteiger partial charge < -0.3 is 70.8 Å². The first-order valence-corrected chi connectivity index (χ1v) is 16.6. The predicted octanol–water partition coefficient (Wildman–Crippen LogP) is -6.42. The maximum atomic E-state index is 13.3. The average molecular weight is 759 g/mol. The summed E-state index contributed by atoms with van der Waals surface area (Å²) < 4.78 is 0. The van der Waals surface area contributed by atoms with E-state index in [0.29, 0.717) is 0 Å². The molecule has 0 spiro atoms. The van der Waals surface area contributed by atoms with Crippen LogP contribution < -0.4 is 60.6 Å². The SMILES string of the molecule is CC(C)C[C@H](NC(=O)[C@H](CC(N)=O)NC(=O)[C@H](C)NC(=O)[C@H](CO)NC(=O)[C@@H](N)CCC(N)=O)C(=O)N[C@@H](C)C(=O)N[C@@H](CCCN=C(N)N)C(=O)O. The normalized spacial score (nSPS) is 14.8. The third kappa shape index (κ3) is 19.6. The summed E-state index contributed by atoms with van der Waals surface area (Å²) in [6.07, 6.45) is -0.838. The highest BCUT2D eigenvalue weighted by molar-refractivity contribution is 5.98. The summed E-state index contributed by atoms with van der Waals surface area (Å²) in [5.74, 6) is -9.04. The summed E-state index contributed by atoms with van der Waals surface area (Å²) in [6, 6.07) is -9.74. The van der Waals surface area contributed by atoms with Crippen LogP contribution in [-0.2, 0) is 43.2 Å². The molecule has 0 aliphatic carbocycles. The van der Waals surface area contributed by atoms with Crippen LogP contribution in [0.4, 0.5) is 0 Å². The van der Waals surface area contributed by atoms with E-state index in [1.165, 1.54) is 13.8 Å². The fourth-order valence-electron chi connectivity index (χ4n) is 4.40. The molecule has 53 heavy (non-hydrogen) atoms. The van der Waals surface area contributed by atoms with Gasteiger partial charge in [0.1, 0.15) is 36.3 Å². The number of aliphatic hydroxyl groups excluding tert-OH is 1. The van der Waals surface area contributed by atoms with E-state index in [2.05, 4.69) is 36.9 Å². The van der Waals surface area contributed by atoms with Crippen LogP contribution in [0.3, 0.4) is 0 Å². The lowest BCUT2D eigenvalue weighted by atomic mass is 10.0. The number of hydrogen-bond acceptors (Lipinski definition) is 12. The molecule has 7 atom stereocenters. The van der Waals surface area contributed by atoms with Gasteiger partial charge in [0.25, 0.3) is 0 Å². The Bertz CT molecular complexity index is 1360. The van der Waals surface area contributed by atoms with Crippen molar-refractivity contribution in [3.8, 4) is 0 Å². The lowest BCUT2D eigenvalue weighted by Crippen LogP contribution is -2.60. The molecule has 0 radical (unpaired) electrons. The quantitative estimate of drug-likeness (QED) is 0.0234. The number of carbonyl (C=O) groups is 9. The van der Waals surface area contributed by atoms with Gasteiger partial charge in [0.05, 0.1) is 19.1 Å². The van der Waals surface area contributed by atoms with Crippen LogP contribution in [0.15, 0.2) is 4.99 Å². The molecule has 0 saturated carbocycles. The molecular formula is C30H54N12O11. The summed E-state index contributed by atoms with van der Waals surface area (Å²) in [5.41, 5.74) is 26.5. The Labute approximate surface area is 305 Å². The fraction of sp³-hybridized carbons (Fsp3) is 0.667. The van der Waals surface area contributed by atoms with Gasteiger partial charge in [-0.2, -0.15) is 0 Å². The molecular weight excluding hydrogens is 704 g/mol. The van der Waals surface area contributed by atoms with E-state index >= 15 is 0 Å². The predicted molar refractivity (Wildman–Crippen MR) is 187 cm³/mol. The highest BCUT2D eigenvalue weighted by Gasteiger charge is 2.32. The van der Waals surface area contributed by atoms with E-state index in [0.717, 1.165) is 0 Å².